The van der Waals surface area contributed by atoms with Crippen molar-refractivity contribution in [1.29, 1.82) is 0 Å². The number of halogens is 2. The highest BCUT2D eigenvalue weighted by Crippen LogP contribution is 2.47. The van der Waals surface area contributed by atoms with Gasteiger partial charge < -0.3 is 18.9 Å². The van der Waals surface area contributed by atoms with Crippen LogP contribution >= 0.6 is 11.6 Å². The summed E-state index contributed by atoms with van der Waals surface area (Å²) < 4.78 is 51.1. The number of methoxy groups -OCH3 is 1. The van der Waals surface area contributed by atoms with E-state index in [1.165, 1.54) is 21.8 Å². The lowest BCUT2D eigenvalue weighted by Crippen LogP contribution is -2.49. The summed E-state index contributed by atoms with van der Waals surface area (Å²) in [5.41, 5.74) is 3.82. The summed E-state index contributed by atoms with van der Waals surface area (Å²) in [7, 11) is -1.93. The predicted octanol–water partition coefficient (Wildman–Crippen LogP) is 7.68. The number of nitrogens with zero attached hydrogens (tertiary/aromatic N) is 3. The van der Waals surface area contributed by atoms with Crippen molar-refractivity contribution in [3.63, 3.8) is 0 Å². The Morgan fingerprint density at radius 3 is 2.79 bits per heavy atom. The van der Waals surface area contributed by atoms with Crippen LogP contribution in [0.2, 0.25) is 5.02 Å². The number of nitrogens with one attached hydrogen (secondary N) is 1. The quantitative estimate of drug-likeness (QED) is 0.275. The lowest BCUT2D eigenvalue weighted by Gasteiger charge is -2.46. The summed E-state index contributed by atoms with van der Waals surface area (Å²) in [6.45, 7) is 4.33. The van der Waals surface area contributed by atoms with Crippen molar-refractivity contribution in [2.24, 2.45) is 22.1 Å². The number of aromatic nitrogens is 1. The standard InChI is InChI=1S/C41H48ClFN4O5S/c1-26-7-5-10-36(51-2)32-14-11-29(32)22-46-24-41(17-6-8-27-19-30(42)13-15-34(27)41)25-52-37-16-12-28(20-35(37)46)39(48)44-53(50,23-26)45-40(49)33-21-31-9-3-4-18-47(31)38(33)43/h5,10,12-13,15-16,19-21,26,29,32,36H,3-4,6-9,11,14,17-18,22-25H2,1-2H3,(H,44,45,48,49,50)/b10-5-/t26-,29-,32+,36-,41-,53?/m0/s1. The van der Waals surface area contributed by atoms with Gasteiger partial charge in [0.1, 0.15) is 15.7 Å². The molecule has 2 aromatic carbocycles. The number of benzene rings is 2. The molecule has 2 bridgehead atoms. The Balaban J connectivity index is 1.19. The number of anilines is 1. The number of hydrogen-bond donors (Lipinski definition) is 1. The predicted molar refractivity (Wildman–Crippen MR) is 205 cm³/mol. The van der Waals surface area contributed by atoms with Gasteiger partial charge in [0.05, 0.1) is 29.7 Å². The highest BCUT2D eigenvalue weighted by molar-refractivity contribution is 7.92. The van der Waals surface area contributed by atoms with Crippen molar-refractivity contribution in [3.05, 3.63) is 93.5 Å². The Bertz CT molecular complexity index is 2090. The van der Waals surface area contributed by atoms with Crippen LogP contribution in [0.15, 0.2) is 59.0 Å². The maximum absolute atomic E-state index is 15.4. The smallest absolute Gasteiger partial charge is 0.286 e. The zero-order valence-corrected chi connectivity index (χ0v) is 32.0. The first-order chi connectivity index (χ1) is 25.5. The maximum atomic E-state index is 15.4. The van der Waals surface area contributed by atoms with E-state index in [4.69, 9.17) is 21.1 Å². The largest absolute Gasteiger partial charge is 0.490 e. The molecule has 2 aliphatic carbocycles. The Kier molecular flexibility index (Phi) is 9.95. The first-order valence-corrected chi connectivity index (χ1v) is 21.1. The first kappa shape index (κ1) is 36.3. The topological polar surface area (TPSA) is 102 Å². The number of carbonyl (C=O) groups is 2. The second-order valence-corrected chi connectivity index (χ2v) is 18.3. The van der Waals surface area contributed by atoms with Crippen LogP contribution in [-0.2, 0) is 39.5 Å². The molecule has 4 heterocycles. The van der Waals surface area contributed by atoms with Crippen LogP contribution in [-0.4, -0.2) is 59.3 Å². The molecule has 9 nitrogen and oxygen atoms in total. The SMILES string of the molecule is CO[C@H]1/C=C\C[C@H](C)CS(=O)(NC(=O)c2cc3n(c2F)CCCC3)=NC(=O)c2ccc3c(c2)N(C[C@@H]2CC[C@H]21)C[C@@]1(CCCc2cc(Cl)ccc21)CO3. The van der Waals surface area contributed by atoms with Crippen molar-refractivity contribution in [3.8, 4) is 5.75 Å². The first-order valence-electron chi connectivity index (χ1n) is 19.0. The molecule has 3 aliphatic heterocycles. The van der Waals surface area contributed by atoms with Gasteiger partial charge in [-0.05, 0) is 123 Å². The minimum atomic E-state index is -3.68. The molecule has 5 aliphatic rings. The Hall–Kier alpha value is -3.67. The van der Waals surface area contributed by atoms with Gasteiger partial charge in [0.25, 0.3) is 11.8 Å². The summed E-state index contributed by atoms with van der Waals surface area (Å²) in [6.07, 6.45) is 12.0. The molecule has 53 heavy (non-hydrogen) atoms. The van der Waals surface area contributed by atoms with E-state index in [2.05, 4.69) is 32.2 Å². The molecule has 1 saturated carbocycles. The van der Waals surface area contributed by atoms with Crippen LogP contribution in [0.4, 0.5) is 10.1 Å². The number of rotatable bonds is 3. The van der Waals surface area contributed by atoms with Crippen molar-refractivity contribution >= 4 is 39.0 Å². The minimum absolute atomic E-state index is 0.0835. The number of carbonyl (C=O) groups excluding carboxylic acids is 2. The molecule has 1 aromatic heterocycles. The Morgan fingerprint density at radius 1 is 1.13 bits per heavy atom. The van der Waals surface area contributed by atoms with Gasteiger partial charge in [-0.3, -0.25) is 14.3 Å². The molecule has 1 N–H and O–H groups in total. The van der Waals surface area contributed by atoms with Crippen LogP contribution < -0.4 is 14.4 Å². The van der Waals surface area contributed by atoms with Gasteiger partial charge >= 0.3 is 0 Å². The number of amides is 2. The lowest BCUT2D eigenvalue weighted by molar-refractivity contribution is 0.0131. The normalized spacial score (nSPS) is 30.4. The molecule has 1 fully saturated rings. The number of aryl methyl sites for hydroxylation is 2. The summed E-state index contributed by atoms with van der Waals surface area (Å²) >= 11 is 6.46. The van der Waals surface area contributed by atoms with Gasteiger partial charge in [0.15, 0.2) is 0 Å². The van der Waals surface area contributed by atoms with Crippen LogP contribution in [0.5, 0.6) is 5.75 Å². The lowest BCUT2D eigenvalue weighted by atomic mass is 9.68. The summed E-state index contributed by atoms with van der Waals surface area (Å²) in [4.78, 5) is 30.1. The molecule has 0 saturated heterocycles. The highest BCUT2D eigenvalue weighted by Gasteiger charge is 2.44. The third kappa shape index (κ3) is 7.05. The van der Waals surface area contributed by atoms with E-state index < -0.39 is 27.7 Å². The van der Waals surface area contributed by atoms with E-state index in [-0.39, 0.29) is 34.3 Å². The summed E-state index contributed by atoms with van der Waals surface area (Å²) in [5.74, 6) is -1.14. The van der Waals surface area contributed by atoms with E-state index in [0.717, 1.165) is 67.9 Å². The van der Waals surface area contributed by atoms with Gasteiger partial charge in [-0.15, -0.1) is 4.36 Å². The van der Waals surface area contributed by atoms with E-state index in [9.17, 15) is 13.8 Å². The maximum Gasteiger partial charge on any atom is 0.286 e. The number of fused-ring (bicyclic) bond motifs is 5. The number of ether oxygens (including phenoxy) is 2. The number of hydrogen-bond acceptors (Lipinski definition) is 6. The molecular formula is C41H48ClFN4O5S. The van der Waals surface area contributed by atoms with Crippen molar-refractivity contribution in [1.82, 2.24) is 9.29 Å². The molecule has 6 atom stereocenters. The Morgan fingerprint density at radius 2 is 2.00 bits per heavy atom. The highest BCUT2D eigenvalue weighted by atomic mass is 35.5. The minimum Gasteiger partial charge on any atom is -0.490 e. The third-order valence-corrected chi connectivity index (χ3v) is 14.4. The van der Waals surface area contributed by atoms with E-state index in [1.54, 1.807) is 19.2 Å². The average Bonchev–Trinajstić information content (AvgIpc) is 3.38. The van der Waals surface area contributed by atoms with Gasteiger partial charge in [-0.25, -0.2) is 4.21 Å². The summed E-state index contributed by atoms with van der Waals surface area (Å²) in [5, 5.41) is 0.728. The zero-order valence-electron chi connectivity index (χ0n) is 30.5. The van der Waals surface area contributed by atoms with Gasteiger partial charge in [-0.1, -0.05) is 36.7 Å². The van der Waals surface area contributed by atoms with Crippen molar-refractivity contribution < 1.29 is 27.7 Å². The van der Waals surface area contributed by atoms with E-state index >= 15 is 4.39 Å². The molecular weight excluding hydrogens is 715 g/mol. The van der Waals surface area contributed by atoms with Crippen molar-refractivity contribution in [2.45, 2.75) is 82.8 Å². The summed E-state index contributed by atoms with van der Waals surface area (Å²) in [6, 6.07) is 13.0. The van der Waals surface area contributed by atoms with E-state index in [0.29, 0.717) is 50.1 Å². The molecule has 2 amide bonds. The van der Waals surface area contributed by atoms with Crippen LogP contribution in [0.1, 0.15) is 89.4 Å². The third-order valence-electron chi connectivity index (χ3n) is 12.2. The number of allylic oxidation sites excluding steroid dienone is 1. The monoisotopic (exact) mass is 762 g/mol. The molecule has 8 rings (SSSR count). The van der Waals surface area contributed by atoms with Gasteiger partial charge in [0.2, 0.25) is 5.95 Å². The molecule has 282 valence electrons. The van der Waals surface area contributed by atoms with Crippen LogP contribution in [0.3, 0.4) is 0 Å². The fraction of sp³-hybridized carbons (Fsp3) is 0.512. The Labute approximate surface area is 316 Å². The second-order valence-electron chi connectivity index (χ2n) is 15.8. The molecule has 12 heteroatoms. The zero-order chi connectivity index (χ0) is 36.9. The van der Waals surface area contributed by atoms with Gasteiger partial charge in [-0.2, -0.15) is 4.39 Å². The molecule has 3 aromatic rings. The fourth-order valence-electron chi connectivity index (χ4n) is 9.33. The molecule has 1 unspecified atom stereocenters. The van der Waals surface area contributed by atoms with E-state index in [1.807, 2.05) is 25.1 Å². The van der Waals surface area contributed by atoms with Crippen LogP contribution in [0, 0.1) is 23.7 Å². The van der Waals surface area contributed by atoms with Crippen molar-refractivity contribution in [2.75, 3.05) is 37.5 Å². The van der Waals surface area contributed by atoms with Crippen LogP contribution in [0.25, 0.3) is 0 Å². The fourth-order valence-corrected chi connectivity index (χ4v) is 11.4. The molecule has 0 radical (unpaired) electrons. The van der Waals surface area contributed by atoms with Gasteiger partial charge in [0, 0.05) is 48.4 Å². The average molecular weight is 763 g/mol. The molecule has 1 spiro atoms. The second kappa shape index (κ2) is 14.5.